The van der Waals surface area contributed by atoms with Crippen LogP contribution >= 0.6 is 0 Å². The van der Waals surface area contributed by atoms with Crippen molar-refractivity contribution in [2.45, 2.75) is 50.8 Å². The molecule has 0 unspecified atom stereocenters. The molecule has 26 heavy (non-hydrogen) atoms. The van der Waals surface area contributed by atoms with E-state index in [0.29, 0.717) is 11.5 Å². The predicted molar refractivity (Wildman–Crippen MR) is 103 cm³/mol. The van der Waals surface area contributed by atoms with Gasteiger partial charge in [-0.15, -0.1) is 0 Å². The second-order valence-corrected chi connectivity index (χ2v) is 9.39. The molecule has 0 atom stereocenters. The van der Waals surface area contributed by atoms with Crippen molar-refractivity contribution < 1.29 is 8.42 Å². The number of fused-ring (bicyclic) bond motifs is 1. The summed E-state index contributed by atoms with van der Waals surface area (Å²) in [4.78, 5) is 4.47. The number of nitrogens with one attached hydrogen (secondary N) is 1. The van der Waals surface area contributed by atoms with Gasteiger partial charge in [-0.3, -0.25) is 4.72 Å². The van der Waals surface area contributed by atoms with Gasteiger partial charge in [0.05, 0.1) is 10.6 Å². The lowest BCUT2D eigenvalue weighted by Gasteiger charge is -2.19. The second-order valence-electron chi connectivity index (χ2n) is 7.70. The van der Waals surface area contributed by atoms with Gasteiger partial charge in [0.1, 0.15) is 5.82 Å². The van der Waals surface area contributed by atoms with E-state index in [9.17, 15) is 8.42 Å². The molecule has 1 aromatic carbocycles. The Morgan fingerprint density at radius 1 is 1.08 bits per heavy atom. The van der Waals surface area contributed by atoms with Crippen molar-refractivity contribution in [2.24, 2.45) is 0 Å². The van der Waals surface area contributed by atoms with E-state index in [2.05, 4.69) is 35.6 Å². The summed E-state index contributed by atoms with van der Waals surface area (Å²) < 4.78 is 29.7. The van der Waals surface area contributed by atoms with Crippen LogP contribution in [0.1, 0.15) is 51.8 Å². The molecule has 6 nitrogen and oxygen atoms in total. The maximum absolute atomic E-state index is 12.8. The summed E-state index contributed by atoms with van der Waals surface area (Å²) >= 11 is 0. The lowest BCUT2D eigenvalue weighted by molar-refractivity contribution is 0.587. The number of nitrogens with zero attached hydrogens (tertiary/aromatic N) is 3. The van der Waals surface area contributed by atoms with Crippen LogP contribution in [0.2, 0.25) is 0 Å². The predicted octanol–water partition coefficient (Wildman–Crippen LogP) is 3.95. The van der Waals surface area contributed by atoms with E-state index in [1.54, 1.807) is 24.4 Å². The monoisotopic (exact) mass is 372 g/mol. The van der Waals surface area contributed by atoms with Gasteiger partial charge in [-0.05, 0) is 35.1 Å². The van der Waals surface area contributed by atoms with Crippen molar-refractivity contribution in [2.75, 3.05) is 4.72 Å². The van der Waals surface area contributed by atoms with E-state index in [-0.39, 0.29) is 16.2 Å². The number of sulfonamides is 1. The Kier molecular flexibility index (Phi) is 4.52. The molecule has 0 fully saturated rings. The van der Waals surface area contributed by atoms with E-state index < -0.39 is 10.0 Å². The quantitative estimate of drug-likeness (QED) is 0.752. The van der Waals surface area contributed by atoms with Crippen molar-refractivity contribution in [1.82, 2.24) is 14.6 Å². The first-order valence-corrected chi connectivity index (χ1v) is 10.0. The van der Waals surface area contributed by atoms with Gasteiger partial charge in [-0.2, -0.15) is 9.61 Å². The van der Waals surface area contributed by atoms with E-state index in [1.165, 1.54) is 4.52 Å². The minimum absolute atomic E-state index is 0.0324. The molecule has 0 spiro atoms. The lowest BCUT2D eigenvalue weighted by atomic mass is 9.87. The average molecular weight is 372 g/mol. The zero-order valence-electron chi connectivity index (χ0n) is 15.7. The van der Waals surface area contributed by atoms with Gasteiger partial charge in [0.25, 0.3) is 10.0 Å². The molecule has 138 valence electrons. The highest BCUT2D eigenvalue weighted by molar-refractivity contribution is 7.92. The highest BCUT2D eigenvalue weighted by atomic mass is 32.2. The maximum Gasteiger partial charge on any atom is 0.263 e. The molecule has 2 heterocycles. The van der Waals surface area contributed by atoms with Crippen LogP contribution in [0.3, 0.4) is 0 Å². The molecule has 3 aromatic rings. The third-order valence-electron chi connectivity index (χ3n) is 4.24. The number of hydrogen-bond acceptors (Lipinski definition) is 4. The van der Waals surface area contributed by atoms with Gasteiger partial charge in [0.15, 0.2) is 5.65 Å². The number of hydrogen-bond donors (Lipinski definition) is 1. The summed E-state index contributed by atoms with van der Waals surface area (Å²) in [7, 11) is -3.72. The van der Waals surface area contributed by atoms with Crippen LogP contribution in [0.25, 0.3) is 5.65 Å². The summed E-state index contributed by atoms with van der Waals surface area (Å²) in [5.74, 6) is 0.591. The van der Waals surface area contributed by atoms with Crippen LogP contribution in [0.15, 0.2) is 47.5 Å². The van der Waals surface area contributed by atoms with E-state index in [1.807, 2.05) is 32.0 Å². The molecule has 0 saturated heterocycles. The minimum atomic E-state index is -3.72. The molecule has 0 radical (unpaired) electrons. The van der Waals surface area contributed by atoms with Gasteiger partial charge >= 0.3 is 0 Å². The molecule has 3 rings (SSSR count). The van der Waals surface area contributed by atoms with E-state index in [4.69, 9.17) is 0 Å². The number of aromatic nitrogens is 3. The van der Waals surface area contributed by atoms with Crippen LogP contribution in [-0.2, 0) is 15.4 Å². The largest absolute Gasteiger partial charge is 0.263 e. The van der Waals surface area contributed by atoms with Crippen LogP contribution in [0.5, 0.6) is 0 Å². The van der Waals surface area contributed by atoms with Gasteiger partial charge in [0.2, 0.25) is 0 Å². The van der Waals surface area contributed by atoms with Crippen molar-refractivity contribution in [3.63, 3.8) is 0 Å². The minimum Gasteiger partial charge on any atom is -0.263 e. The summed E-state index contributed by atoms with van der Waals surface area (Å²) in [5.41, 5.74) is 2.52. The van der Waals surface area contributed by atoms with Gasteiger partial charge in [-0.25, -0.2) is 13.4 Å². The molecule has 7 heteroatoms. The number of anilines is 1. The molecule has 0 aliphatic rings. The Bertz CT molecular complexity index is 1030. The Hall–Kier alpha value is -2.41. The Morgan fingerprint density at radius 2 is 1.73 bits per heavy atom. The third kappa shape index (κ3) is 3.58. The van der Waals surface area contributed by atoms with Gasteiger partial charge in [-0.1, -0.05) is 46.8 Å². The molecule has 0 amide bonds. The van der Waals surface area contributed by atoms with E-state index >= 15 is 0 Å². The van der Waals surface area contributed by atoms with Gasteiger partial charge in [0, 0.05) is 12.3 Å². The first-order chi connectivity index (χ1) is 12.1. The van der Waals surface area contributed by atoms with Crippen molar-refractivity contribution >= 4 is 21.5 Å². The smallest absolute Gasteiger partial charge is 0.263 e. The number of rotatable bonds is 4. The average Bonchev–Trinajstić information content (AvgIpc) is 2.99. The van der Waals surface area contributed by atoms with E-state index in [0.717, 1.165) is 11.3 Å². The SMILES string of the molecule is CC(C)c1cc2nccc(NS(=O)(=O)c3ccc(C(C)(C)C)cc3)n2n1. The summed E-state index contributed by atoms with van der Waals surface area (Å²) in [6, 6.07) is 10.4. The normalized spacial score (nSPS) is 12.7. The van der Waals surface area contributed by atoms with Crippen LogP contribution < -0.4 is 4.72 Å². The zero-order chi connectivity index (χ0) is 19.1. The number of benzene rings is 1. The highest BCUT2D eigenvalue weighted by Crippen LogP contribution is 2.24. The fourth-order valence-electron chi connectivity index (χ4n) is 2.60. The topological polar surface area (TPSA) is 76.4 Å². The van der Waals surface area contributed by atoms with Crippen LogP contribution in [0.4, 0.5) is 5.82 Å². The highest BCUT2D eigenvalue weighted by Gasteiger charge is 2.19. The van der Waals surface area contributed by atoms with Crippen LogP contribution in [0, 0.1) is 0 Å². The summed E-state index contributed by atoms with van der Waals surface area (Å²) in [6.45, 7) is 10.3. The maximum atomic E-state index is 12.8. The summed E-state index contributed by atoms with van der Waals surface area (Å²) in [6.07, 6.45) is 1.57. The molecule has 0 aliphatic carbocycles. The van der Waals surface area contributed by atoms with Crippen molar-refractivity contribution in [3.05, 3.63) is 53.9 Å². The Morgan fingerprint density at radius 3 is 2.31 bits per heavy atom. The second kappa shape index (κ2) is 6.39. The zero-order valence-corrected chi connectivity index (χ0v) is 16.5. The molecular formula is C19H24N4O2S. The van der Waals surface area contributed by atoms with Crippen molar-refractivity contribution in [1.29, 1.82) is 0 Å². The standard InChI is InChI=1S/C19H24N4O2S/c1-13(2)16-12-18-20-11-10-17(23(18)21-16)22-26(24,25)15-8-6-14(7-9-15)19(3,4)5/h6-13,22H,1-5H3. The molecule has 0 saturated carbocycles. The molecular weight excluding hydrogens is 348 g/mol. The fourth-order valence-corrected chi connectivity index (χ4v) is 3.65. The fraction of sp³-hybridized carbons (Fsp3) is 0.368. The summed E-state index contributed by atoms with van der Waals surface area (Å²) in [5, 5.41) is 4.46. The van der Waals surface area contributed by atoms with Gasteiger partial charge < -0.3 is 0 Å². The molecule has 2 aromatic heterocycles. The Balaban J connectivity index is 1.96. The first kappa shape index (κ1) is 18.4. The lowest BCUT2D eigenvalue weighted by Crippen LogP contribution is -2.17. The Labute approximate surface area is 154 Å². The molecule has 1 N–H and O–H groups in total. The first-order valence-electron chi connectivity index (χ1n) is 8.56. The molecule has 0 bridgehead atoms. The molecule has 0 aliphatic heterocycles. The van der Waals surface area contributed by atoms with Crippen molar-refractivity contribution in [3.8, 4) is 0 Å². The third-order valence-corrected chi connectivity index (χ3v) is 5.61. The van der Waals surface area contributed by atoms with Crippen LogP contribution in [-0.4, -0.2) is 23.0 Å².